The Morgan fingerprint density at radius 2 is 2.53 bits per heavy atom. The summed E-state index contributed by atoms with van der Waals surface area (Å²) in [6.07, 6.45) is 5.38. The van der Waals surface area contributed by atoms with E-state index in [2.05, 4.69) is 10.4 Å². The highest BCUT2D eigenvalue weighted by Gasteiger charge is 2.18. The predicted molar refractivity (Wildman–Crippen MR) is 70.1 cm³/mol. The summed E-state index contributed by atoms with van der Waals surface area (Å²) in [6, 6.07) is 0. The van der Waals surface area contributed by atoms with Crippen molar-refractivity contribution in [1.82, 2.24) is 15.1 Å². The molecule has 0 saturated carbocycles. The third kappa shape index (κ3) is 3.15. The molecular formula is C11H18N4OS. The van der Waals surface area contributed by atoms with Crippen LogP contribution in [-0.2, 0) is 7.05 Å². The van der Waals surface area contributed by atoms with Crippen molar-refractivity contribution in [3.05, 3.63) is 11.9 Å². The number of anilines is 1. The quantitative estimate of drug-likeness (QED) is 0.844. The molecule has 2 rings (SSSR count). The number of nitrogens with two attached hydrogens (primary N) is 1. The second-order valence-electron chi connectivity index (χ2n) is 4.31. The van der Waals surface area contributed by atoms with Crippen LogP contribution in [0.25, 0.3) is 0 Å². The van der Waals surface area contributed by atoms with Crippen molar-refractivity contribution in [2.45, 2.75) is 24.5 Å². The Kier molecular flexibility index (Phi) is 3.93. The molecule has 5 nitrogen and oxygen atoms in total. The van der Waals surface area contributed by atoms with Crippen LogP contribution in [0.5, 0.6) is 0 Å². The van der Waals surface area contributed by atoms with Gasteiger partial charge >= 0.3 is 0 Å². The fraction of sp³-hybridized carbons (Fsp3) is 0.636. The van der Waals surface area contributed by atoms with Crippen molar-refractivity contribution >= 4 is 23.4 Å². The zero-order valence-electron chi connectivity index (χ0n) is 9.98. The van der Waals surface area contributed by atoms with Crippen LogP contribution < -0.4 is 11.1 Å². The number of hydrogen-bond acceptors (Lipinski definition) is 4. The summed E-state index contributed by atoms with van der Waals surface area (Å²) in [5, 5.41) is 7.49. The highest BCUT2D eigenvalue weighted by molar-refractivity contribution is 7.99. The summed E-state index contributed by atoms with van der Waals surface area (Å²) in [4.78, 5) is 11.8. The Balaban J connectivity index is 1.86. The highest BCUT2D eigenvalue weighted by Crippen LogP contribution is 2.24. The maximum atomic E-state index is 11.8. The molecule has 1 atom stereocenters. The number of aryl methyl sites for hydroxylation is 1. The molecule has 1 saturated heterocycles. The summed E-state index contributed by atoms with van der Waals surface area (Å²) in [5.74, 6) is 1.03. The summed E-state index contributed by atoms with van der Waals surface area (Å²) in [6.45, 7) is 0.708. The number of rotatable bonds is 3. The van der Waals surface area contributed by atoms with Gasteiger partial charge in [0, 0.05) is 25.0 Å². The lowest BCUT2D eigenvalue weighted by Gasteiger charge is -2.21. The number of aromatic nitrogens is 2. The van der Waals surface area contributed by atoms with Crippen LogP contribution in [0, 0.1) is 0 Å². The number of hydrogen-bond donors (Lipinski definition) is 2. The smallest absolute Gasteiger partial charge is 0.273 e. The van der Waals surface area contributed by atoms with Crippen LogP contribution in [-0.4, -0.2) is 33.2 Å². The third-order valence-electron chi connectivity index (χ3n) is 2.84. The van der Waals surface area contributed by atoms with Crippen LogP contribution in [0.2, 0.25) is 0 Å². The van der Waals surface area contributed by atoms with E-state index in [0.717, 1.165) is 0 Å². The molecule has 0 aromatic carbocycles. The normalized spacial score (nSPS) is 20.2. The Labute approximate surface area is 105 Å². The Hall–Kier alpha value is -1.17. The van der Waals surface area contributed by atoms with Gasteiger partial charge in [0.05, 0.1) is 5.69 Å². The van der Waals surface area contributed by atoms with Gasteiger partial charge in [0.1, 0.15) is 0 Å². The molecule has 1 amide bonds. The highest BCUT2D eigenvalue weighted by atomic mass is 32.2. The molecule has 0 spiro atoms. The van der Waals surface area contributed by atoms with Crippen molar-refractivity contribution in [1.29, 1.82) is 0 Å². The number of thioether (sulfide) groups is 1. The minimum Gasteiger partial charge on any atom is -0.396 e. The first-order valence-electron chi connectivity index (χ1n) is 5.85. The van der Waals surface area contributed by atoms with E-state index >= 15 is 0 Å². The van der Waals surface area contributed by atoms with E-state index in [0.29, 0.717) is 23.2 Å². The molecule has 0 bridgehead atoms. The molecule has 1 aliphatic heterocycles. The molecule has 1 aromatic heterocycles. The zero-order chi connectivity index (χ0) is 12.3. The molecule has 1 unspecified atom stereocenters. The van der Waals surface area contributed by atoms with Crippen LogP contribution in [0.4, 0.5) is 5.69 Å². The molecule has 1 aliphatic rings. The fourth-order valence-corrected chi connectivity index (χ4v) is 3.18. The van der Waals surface area contributed by atoms with Gasteiger partial charge in [-0.1, -0.05) is 6.42 Å². The minimum absolute atomic E-state index is 0.172. The molecule has 1 aromatic rings. The SMILES string of the molecule is Cn1cc(N)c(C(=O)NCC2CCCCS2)n1. The van der Waals surface area contributed by atoms with E-state index in [-0.39, 0.29) is 5.91 Å². The van der Waals surface area contributed by atoms with Gasteiger partial charge < -0.3 is 11.1 Å². The third-order valence-corrected chi connectivity index (χ3v) is 4.23. The van der Waals surface area contributed by atoms with Gasteiger partial charge in [-0.25, -0.2) is 0 Å². The number of nitrogens with one attached hydrogen (secondary N) is 1. The maximum absolute atomic E-state index is 11.8. The van der Waals surface area contributed by atoms with Crippen molar-refractivity contribution in [2.24, 2.45) is 7.05 Å². The van der Waals surface area contributed by atoms with Crippen LogP contribution >= 0.6 is 11.8 Å². The maximum Gasteiger partial charge on any atom is 0.273 e. The molecule has 3 N–H and O–H groups in total. The van der Waals surface area contributed by atoms with E-state index in [1.54, 1.807) is 17.9 Å². The van der Waals surface area contributed by atoms with E-state index in [4.69, 9.17) is 5.73 Å². The van der Waals surface area contributed by atoms with E-state index in [1.165, 1.54) is 25.0 Å². The lowest BCUT2D eigenvalue weighted by Crippen LogP contribution is -2.32. The first-order valence-corrected chi connectivity index (χ1v) is 6.90. The molecule has 0 aliphatic carbocycles. The monoisotopic (exact) mass is 254 g/mol. The lowest BCUT2D eigenvalue weighted by atomic mass is 10.2. The Morgan fingerprint density at radius 1 is 1.71 bits per heavy atom. The van der Waals surface area contributed by atoms with Crippen molar-refractivity contribution in [3.8, 4) is 0 Å². The largest absolute Gasteiger partial charge is 0.396 e. The van der Waals surface area contributed by atoms with E-state index in [1.807, 2.05) is 11.8 Å². The summed E-state index contributed by atoms with van der Waals surface area (Å²) < 4.78 is 1.56. The molecule has 17 heavy (non-hydrogen) atoms. The van der Waals surface area contributed by atoms with Crippen molar-refractivity contribution < 1.29 is 4.79 Å². The number of nitrogen functional groups attached to an aromatic ring is 1. The van der Waals surface area contributed by atoms with Gasteiger partial charge in [-0.3, -0.25) is 9.48 Å². The molecule has 2 heterocycles. The van der Waals surface area contributed by atoms with Crippen LogP contribution in [0.15, 0.2) is 6.20 Å². The molecular weight excluding hydrogens is 236 g/mol. The predicted octanol–water partition coefficient (Wildman–Crippen LogP) is 1.02. The Morgan fingerprint density at radius 3 is 3.12 bits per heavy atom. The first kappa shape index (κ1) is 12.3. The lowest BCUT2D eigenvalue weighted by molar-refractivity contribution is 0.0948. The van der Waals surface area contributed by atoms with Crippen LogP contribution in [0.1, 0.15) is 29.8 Å². The zero-order valence-corrected chi connectivity index (χ0v) is 10.8. The van der Waals surface area contributed by atoms with E-state index in [9.17, 15) is 4.79 Å². The number of carbonyl (C=O) groups is 1. The number of nitrogens with zero attached hydrogens (tertiary/aromatic N) is 2. The molecule has 1 fully saturated rings. The number of carbonyl (C=O) groups excluding carboxylic acids is 1. The molecule has 94 valence electrons. The average molecular weight is 254 g/mol. The van der Waals surface area contributed by atoms with Crippen LogP contribution in [0.3, 0.4) is 0 Å². The topological polar surface area (TPSA) is 72.9 Å². The summed E-state index contributed by atoms with van der Waals surface area (Å²) in [7, 11) is 1.75. The van der Waals surface area contributed by atoms with Gasteiger partial charge in [-0.05, 0) is 18.6 Å². The van der Waals surface area contributed by atoms with Gasteiger partial charge in [0.15, 0.2) is 5.69 Å². The van der Waals surface area contributed by atoms with Gasteiger partial charge in [-0.15, -0.1) is 0 Å². The summed E-state index contributed by atoms with van der Waals surface area (Å²) >= 11 is 1.94. The Bertz CT molecular complexity index is 398. The van der Waals surface area contributed by atoms with Gasteiger partial charge in [0.2, 0.25) is 0 Å². The second kappa shape index (κ2) is 5.44. The molecule has 6 heteroatoms. The number of amides is 1. The standard InChI is InChI=1S/C11H18N4OS/c1-15-7-9(12)10(14-15)11(16)13-6-8-4-2-3-5-17-8/h7-8H,2-6,12H2,1H3,(H,13,16). The average Bonchev–Trinajstić information content (AvgIpc) is 2.67. The van der Waals surface area contributed by atoms with E-state index < -0.39 is 0 Å². The second-order valence-corrected chi connectivity index (χ2v) is 5.71. The van der Waals surface area contributed by atoms with Crippen molar-refractivity contribution in [2.75, 3.05) is 18.0 Å². The van der Waals surface area contributed by atoms with Gasteiger partial charge in [-0.2, -0.15) is 16.9 Å². The molecule has 0 radical (unpaired) electrons. The minimum atomic E-state index is -0.172. The fourth-order valence-electron chi connectivity index (χ4n) is 1.94. The first-order chi connectivity index (χ1) is 8.16. The van der Waals surface area contributed by atoms with Gasteiger partial charge in [0.25, 0.3) is 5.91 Å². The summed E-state index contributed by atoms with van der Waals surface area (Å²) in [5.41, 5.74) is 6.46. The van der Waals surface area contributed by atoms with Crippen molar-refractivity contribution in [3.63, 3.8) is 0 Å².